The maximum atomic E-state index is 13.5. The fourth-order valence-electron chi connectivity index (χ4n) is 3.76. The second kappa shape index (κ2) is 8.32. The van der Waals surface area contributed by atoms with Crippen LogP contribution in [0, 0.1) is 0 Å². The molecule has 0 spiro atoms. The standard InChI is InChI=1S/C23H25FN2O3S/c1-16(26-12-11-20(24)14-26)22-15-29-23(25-22)13-17-3-5-18(6-4-17)19-7-9-21(10-8-19)30(2,27)28/h3-10,15-16,20H,11-14H2,1-2H3/t16?,20-/m1/s1. The summed E-state index contributed by atoms with van der Waals surface area (Å²) >= 11 is 0. The fraction of sp³-hybridized carbons (Fsp3) is 0.348. The van der Waals surface area contributed by atoms with Gasteiger partial charge in [0, 0.05) is 25.8 Å². The second-order valence-electron chi connectivity index (χ2n) is 7.89. The summed E-state index contributed by atoms with van der Waals surface area (Å²) in [5.41, 5.74) is 3.87. The molecule has 1 aliphatic heterocycles. The first kappa shape index (κ1) is 20.8. The molecule has 7 heteroatoms. The number of rotatable bonds is 6. The Labute approximate surface area is 176 Å². The van der Waals surface area contributed by atoms with Crippen molar-refractivity contribution in [1.82, 2.24) is 9.88 Å². The van der Waals surface area contributed by atoms with E-state index in [1.54, 1.807) is 18.4 Å². The third-order valence-corrected chi connectivity index (χ3v) is 6.76. The van der Waals surface area contributed by atoms with Gasteiger partial charge in [0.1, 0.15) is 12.4 Å². The molecule has 1 fully saturated rings. The molecule has 2 aromatic carbocycles. The van der Waals surface area contributed by atoms with Gasteiger partial charge < -0.3 is 4.42 Å². The average molecular weight is 429 g/mol. The van der Waals surface area contributed by atoms with E-state index in [-0.39, 0.29) is 6.04 Å². The van der Waals surface area contributed by atoms with Gasteiger partial charge in [0.15, 0.2) is 15.7 Å². The van der Waals surface area contributed by atoms with Gasteiger partial charge in [0.25, 0.3) is 0 Å². The van der Waals surface area contributed by atoms with Crippen LogP contribution < -0.4 is 0 Å². The van der Waals surface area contributed by atoms with Gasteiger partial charge in [-0.05, 0) is 42.2 Å². The molecule has 30 heavy (non-hydrogen) atoms. The Morgan fingerprint density at radius 1 is 1.13 bits per heavy atom. The maximum absolute atomic E-state index is 13.5. The third kappa shape index (κ3) is 4.63. The number of oxazole rings is 1. The highest BCUT2D eigenvalue weighted by Crippen LogP contribution is 2.26. The molecular formula is C23H25FN2O3S. The number of hydrogen-bond acceptors (Lipinski definition) is 5. The van der Waals surface area contributed by atoms with Crippen molar-refractivity contribution in [3.05, 3.63) is 71.9 Å². The van der Waals surface area contributed by atoms with Gasteiger partial charge in [-0.3, -0.25) is 4.90 Å². The summed E-state index contributed by atoms with van der Waals surface area (Å²) in [4.78, 5) is 7.01. The third-order valence-electron chi connectivity index (χ3n) is 5.63. The van der Waals surface area contributed by atoms with E-state index in [0.717, 1.165) is 28.9 Å². The topological polar surface area (TPSA) is 63.4 Å². The van der Waals surface area contributed by atoms with Gasteiger partial charge in [0.2, 0.25) is 0 Å². The van der Waals surface area contributed by atoms with Crippen molar-refractivity contribution in [3.63, 3.8) is 0 Å². The highest BCUT2D eigenvalue weighted by Gasteiger charge is 2.28. The van der Waals surface area contributed by atoms with E-state index in [1.807, 2.05) is 43.3 Å². The summed E-state index contributed by atoms with van der Waals surface area (Å²) in [6, 6.07) is 15.0. The highest BCUT2D eigenvalue weighted by molar-refractivity contribution is 7.90. The van der Waals surface area contributed by atoms with Crippen LogP contribution in [0.2, 0.25) is 0 Å². The van der Waals surface area contributed by atoms with Crippen molar-refractivity contribution in [1.29, 1.82) is 0 Å². The Bertz CT molecular complexity index is 1110. The zero-order valence-electron chi connectivity index (χ0n) is 17.1. The van der Waals surface area contributed by atoms with Crippen LogP contribution in [0.1, 0.15) is 36.5 Å². The lowest BCUT2D eigenvalue weighted by Crippen LogP contribution is -2.25. The first-order chi connectivity index (χ1) is 14.3. The molecule has 1 saturated heterocycles. The predicted octanol–water partition coefficient (Wildman–Crippen LogP) is 4.44. The first-order valence-electron chi connectivity index (χ1n) is 10.0. The Morgan fingerprint density at radius 3 is 2.33 bits per heavy atom. The molecule has 0 amide bonds. The number of sulfone groups is 1. The molecular weight excluding hydrogens is 403 g/mol. The minimum Gasteiger partial charge on any atom is -0.448 e. The van der Waals surface area contributed by atoms with E-state index in [4.69, 9.17) is 4.42 Å². The molecule has 0 aliphatic carbocycles. The van der Waals surface area contributed by atoms with E-state index in [1.165, 1.54) is 6.26 Å². The van der Waals surface area contributed by atoms with Crippen LogP contribution in [0.15, 0.2) is 64.1 Å². The molecule has 1 aromatic heterocycles. The summed E-state index contributed by atoms with van der Waals surface area (Å²) in [6.07, 6.45) is 3.28. The molecule has 0 bridgehead atoms. The van der Waals surface area contributed by atoms with Crippen molar-refractivity contribution in [3.8, 4) is 11.1 Å². The molecule has 2 heterocycles. The van der Waals surface area contributed by atoms with Crippen molar-refractivity contribution in [2.24, 2.45) is 0 Å². The average Bonchev–Trinajstić information content (AvgIpc) is 3.37. The summed E-state index contributed by atoms with van der Waals surface area (Å²) in [5, 5.41) is 0. The Balaban J connectivity index is 1.42. The van der Waals surface area contributed by atoms with Crippen LogP contribution >= 0.6 is 0 Å². The summed E-state index contributed by atoms with van der Waals surface area (Å²) in [6.45, 7) is 3.23. The molecule has 4 rings (SSSR count). The quantitative estimate of drug-likeness (QED) is 0.581. The Morgan fingerprint density at radius 2 is 1.77 bits per heavy atom. The fourth-order valence-corrected chi connectivity index (χ4v) is 4.39. The van der Waals surface area contributed by atoms with Gasteiger partial charge in [-0.25, -0.2) is 17.8 Å². The molecule has 158 valence electrons. The normalized spacial score (nSPS) is 18.6. The van der Waals surface area contributed by atoms with Gasteiger partial charge >= 0.3 is 0 Å². The molecule has 5 nitrogen and oxygen atoms in total. The monoisotopic (exact) mass is 428 g/mol. The van der Waals surface area contributed by atoms with Crippen molar-refractivity contribution in [2.45, 2.75) is 36.9 Å². The molecule has 3 aromatic rings. The number of benzene rings is 2. The second-order valence-corrected chi connectivity index (χ2v) is 9.91. The van der Waals surface area contributed by atoms with Crippen LogP contribution in [0.25, 0.3) is 11.1 Å². The molecule has 1 aliphatic rings. The SMILES string of the molecule is CC(c1coc(Cc2ccc(-c3ccc(S(C)(=O)=O)cc3)cc2)n1)N1CC[C@@H](F)C1. The number of nitrogens with zero attached hydrogens (tertiary/aromatic N) is 2. The van der Waals surface area contributed by atoms with Gasteiger partial charge in [0.05, 0.1) is 16.6 Å². The van der Waals surface area contributed by atoms with E-state index < -0.39 is 16.0 Å². The number of aromatic nitrogens is 1. The zero-order valence-corrected chi connectivity index (χ0v) is 17.9. The minimum absolute atomic E-state index is 0.0422. The molecule has 0 saturated carbocycles. The molecule has 1 unspecified atom stereocenters. The Kier molecular flexibility index (Phi) is 5.75. The van der Waals surface area contributed by atoms with Crippen molar-refractivity contribution < 1.29 is 17.2 Å². The number of hydrogen-bond donors (Lipinski definition) is 0. The number of halogens is 1. The largest absolute Gasteiger partial charge is 0.448 e. The Hall–Kier alpha value is -2.51. The minimum atomic E-state index is -3.19. The van der Waals surface area contributed by atoms with E-state index in [2.05, 4.69) is 9.88 Å². The van der Waals surface area contributed by atoms with Gasteiger partial charge in [-0.1, -0.05) is 36.4 Å². The maximum Gasteiger partial charge on any atom is 0.198 e. The zero-order chi connectivity index (χ0) is 21.3. The highest BCUT2D eigenvalue weighted by atomic mass is 32.2. The van der Waals surface area contributed by atoms with Gasteiger partial charge in [-0.2, -0.15) is 0 Å². The van der Waals surface area contributed by atoms with Crippen LogP contribution in [0.4, 0.5) is 4.39 Å². The lowest BCUT2D eigenvalue weighted by atomic mass is 10.0. The lowest BCUT2D eigenvalue weighted by molar-refractivity contribution is 0.232. The van der Waals surface area contributed by atoms with Gasteiger partial charge in [-0.15, -0.1) is 0 Å². The molecule has 0 radical (unpaired) electrons. The summed E-state index contributed by atoms with van der Waals surface area (Å²) < 4.78 is 42.3. The first-order valence-corrected chi connectivity index (χ1v) is 11.9. The lowest BCUT2D eigenvalue weighted by Gasteiger charge is -2.21. The van der Waals surface area contributed by atoms with E-state index in [0.29, 0.717) is 30.2 Å². The van der Waals surface area contributed by atoms with E-state index >= 15 is 0 Å². The predicted molar refractivity (Wildman–Crippen MR) is 114 cm³/mol. The molecule has 0 N–H and O–H groups in total. The van der Waals surface area contributed by atoms with Crippen LogP contribution in [-0.2, 0) is 16.3 Å². The van der Waals surface area contributed by atoms with Crippen LogP contribution in [0.3, 0.4) is 0 Å². The van der Waals surface area contributed by atoms with Crippen LogP contribution in [0.5, 0.6) is 0 Å². The number of alkyl halides is 1. The summed E-state index contributed by atoms with van der Waals surface area (Å²) in [7, 11) is -3.19. The van der Waals surface area contributed by atoms with E-state index in [9.17, 15) is 12.8 Å². The molecule has 2 atom stereocenters. The smallest absolute Gasteiger partial charge is 0.198 e. The number of likely N-dealkylation sites (tertiary alicyclic amines) is 1. The summed E-state index contributed by atoms with van der Waals surface area (Å²) in [5.74, 6) is 0.637. The van der Waals surface area contributed by atoms with Crippen molar-refractivity contribution in [2.75, 3.05) is 19.3 Å². The van der Waals surface area contributed by atoms with Crippen LogP contribution in [-0.4, -0.2) is 43.8 Å². The van der Waals surface area contributed by atoms with Crippen molar-refractivity contribution >= 4 is 9.84 Å².